The van der Waals surface area contributed by atoms with Crippen LogP contribution in [0.25, 0.3) is 0 Å². The first kappa shape index (κ1) is 17.9. The van der Waals surface area contributed by atoms with E-state index in [-0.39, 0.29) is 24.9 Å². The second-order valence-electron chi connectivity index (χ2n) is 5.89. The van der Waals surface area contributed by atoms with E-state index in [2.05, 4.69) is 5.32 Å². The number of carboxylic acid groups (broad SMARTS) is 1. The van der Waals surface area contributed by atoms with E-state index in [1.807, 2.05) is 0 Å². The molecule has 1 aliphatic heterocycles. The Kier molecular flexibility index (Phi) is 6.15. The van der Waals surface area contributed by atoms with Gasteiger partial charge in [0.15, 0.2) is 0 Å². The number of rotatable bonds is 6. The monoisotopic (exact) mass is 320 g/mol. The summed E-state index contributed by atoms with van der Waals surface area (Å²) in [6, 6.07) is 0. The van der Waals surface area contributed by atoms with Crippen molar-refractivity contribution in [3.63, 3.8) is 0 Å². The van der Waals surface area contributed by atoms with Gasteiger partial charge in [-0.3, -0.25) is 9.59 Å². The Morgan fingerprint density at radius 3 is 2.48 bits per heavy atom. The van der Waals surface area contributed by atoms with Crippen LogP contribution >= 0.6 is 0 Å². The minimum Gasteiger partial charge on any atom is -0.481 e. The Labute approximate surface area is 125 Å². The molecule has 0 aromatic rings. The number of amides is 1. The average molecular weight is 320 g/mol. The van der Waals surface area contributed by atoms with Gasteiger partial charge in [0.2, 0.25) is 15.9 Å². The van der Waals surface area contributed by atoms with Crippen molar-refractivity contribution in [3.05, 3.63) is 0 Å². The molecule has 1 aliphatic rings. The van der Waals surface area contributed by atoms with E-state index in [1.54, 1.807) is 13.8 Å². The number of hydrogen-bond acceptors (Lipinski definition) is 4. The maximum absolute atomic E-state index is 12.1. The van der Waals surface area contributed by atoms with Crippen LogP contribution in [0.1, 0.15) is 26.7 Å². The summed E-state index contributed by atoms with van der Waals surface area (Å²) in [7, 11) is -3.29. The summed E-state index contributed by atoms with van der Waals surface area (Å²) in [5.41, 5.74) is 0. The topological polar surface area (TPSA) is 104 Å². The minimum absolute atomic E-state index is 0.0706. The molecule has 0 aromatic heterocycles. The van der Waals surface area contributed by atoms with Crippen LogP contribution in [-0.4, -0.2) is 55.6 Å². The highest BCUT2D eigenvalue weighted by atomic mass is 32.2. The molecular formula is C13H24N2O5S. The fourth-order valence-corrected chi connectivity index (χ4v) is 3.33. The van der Waals surface area contributed by atoms with Crippen LogP contribution in [0.5, 0.6) is 0 Å². The predicted octanol–water partition coefficient (Wildman–Crippen LogP) is 0.131. The molecule has 21 heavy (non-hydrogen) atoms. The lowest BCUT2D eigenvalue weighted by molar-refractivity contribution is -0.143. The molecule has 1 rings (SSSR count). The van der Waals surface area contributed by atoms with Gasteiger partial charge in [-0.1, -0.05) is 13.8 Å². The Morgan fingerprint density at radius 1 is 1.38 bits per heavy atom. The highest BCUT2D eigenvalue weighted by molar-refractivity contribution is 7.88. The van der Waals surface area contributed by atoms with Crippen LogP contribution in [0.2, 0.25) is 0 Å². The molecule has 1 fully saturated rings. The Morgan fingerprint density at radius 2 is 2.00 bits per heavy atom. The van der Waals surface area contributed by atoms with E-state index in [9.17, 15) is 18.0 Å². The second kappa shape index (κ2) is 7.22. The van der Waals surface area contributed by atoms with Crippen LogP contribution in [-0.2, 0) is 19.6 Å². The fourth-order valence-electron chi connectivity index (χ4n) is 2.42. The molecule has 2 atom stereocenters. The van der Waals surface area contributed by atoms with Gasteiger partial charge in [-0.05, 0) is 18.8 Å². The summed E-state index contributed by atoms with van der Waals surface area (Å²) in [5, 5.41) is 11.7. The smallest absolute Gasteiger partial charge is 0.308 e. The molecule has 0 saturated carbocycles. The number of piperidine rings is 1. The van der Waals surface area contributed by atoms with Gasteiger partial charge >= 0.3 is 5.97 Å². The summed E-state index contributed by atoms with van der Waals surface area (Å²) < 4.78 is 24.3. The normalized spacial score (nSPS) is 22.0. The molecule has 1 saturated heterocycles. The van der Waals surface area contributed by atoms with E-state index in [4.69, 9.17) is 5.11 Å². The maximum atomic E-state index is 12.1. The molecule has 0 radical (unpaired) electrons. The van der Waals surface area contributed by atoms with Gasteiger partial charge in [0, 0.05) is 19.6 Å². The van der Waals surface area contributed by atoms with Gasteiger partial charge in [0.1, 0.15) is 0 Å². The van der Waals surface area contributed by atoms with Crippen molar-refractivity contribution in [2.45, 2.75) is 26.7 Å². The average Bonchev–Trinajstić information content (AvgIpc) is 2.37. The first-order valence-electron chi connectivity index (χ1n) is 7.08. The third-order valence-electron chi connectivity index (χ3n) is 3.84. The SMILES string of the molecule is CC(C)C(CNC(=O)C1CCCN(S(C)(=O)=O)C1)C(=O)O. The molecule has 0 spiro atoms. The van der Waals surface area contributed by atoms with Crippen LogP contribution < -0.4 is 5.32 Å². The molecule has 7 nitrogen and oxygen atoms in total. The van der Waals surface area contributed by atoms with E-state index < -0.39 is 27.8 Å². The highest BCUT2D eigenvalue weighted by Crippen LogP contribution is 2.19. The van der Waals surface area contributed by atoms with Gasteiger partial charge in [-0.25, -0.2) is 12.7 Å². The summed E-state index contributed by atoms with van der Waals surface area (Å²) in [6.07, 6.45) is 2.39. The number of carboxylic acids is 1. The van der Waals surface area contributed by atoms with Crippen LogP contribution in [0.4, 0.5) is 0 Å². The number of aliphatic carboxylic acids is 1. The largest absolute Gasteiger partial charge is 0.481 e. The molecule has 122 valence electrons. The van der Waals surface area contributed by atoms with Gasteiger partial charge in [-0.2, -0.15) is 0 Å². The first-order valence-corrected chi connectivity index (χ1v) is 8.93. The third-order valence-corrected chi connectivity index (χ3v) is 5.11. The zero-order chi connectivity index (χ0) is 16.2. The molecule has 0 aliphatic carbocycles. The van der Waals surface area contributed by atoms with Crippen molar-refractivity contribution in [1.29, 1.82) is 0 Å². The van der Waals surface area contributed by atoms with Gasteiger partial charge < -0.3 is 10.4 Å². The summed E-state index contributed by atoms with van der Waals surface area (Å²) in [6.45, 7) is 4.26. The zero-order valence-electron chi connectivity index (χ0n) is 12.7. The van der Waals surface area contributed by atoms with E-state index in [0.29, 0.717) is 19.4 Å². The number of sulfonamides is 1. The lowest BCUT2D eigenvalue weighted by Crippen LogP contribution is -2.46. The van der Waals surface area contributed by atoms with Crippen LogP contribution in [0.15, 0.2) is 0 Å². The first-order chi connectivity index (χ1) is 9.62. The Hall–Kier alpha value is -1.15. The number of nitrogens with one attached hydrogen (secondary N) is 1. The Balaban J connectivity index is 2.57. The standard InChI is InChI=1S/C13H24N2O5S/c1-9(2)11(13(17)18)7-14-12(16)10-5-4-6-15(8-10)21(3,19)20/h9-11H,4-8H2,1-3H3,(H,14,16)(H,17,18). The molecule has 0 bridgehead atoms. The molecule has 1 heterocycles. The molecule has 0 aromatic carbocycles. The van der Waals surface area contributed by atoms with Crippen molar-refractivity contribution in [2.24, 2.45) is 17.8 Å². The molecule has 2 N–H and O–H groups in total. The van der Waals surface area contributed by atoms with Crippen LogP contribution in [0.3, 0.4) is 0 Å². The number of nitrogens with zero attached hydrogens (tertiary/aromatic N) is 1. The number of carbonyl (C=O) groups is 2. The summed E-state index contributed by atoms with van der Waals surface area (Å²) in [5.74, 6) is -2.33. The molecule has 8 heteroatoms. The summed E-state index contributed by atoms with van der Waals surface area (Å²) >= 11 is 0. The molecule has 1 amide bonds. The lowest BCUT2D eigenvalue weighted by Gasteiger charge is -2.30. The molecule has 2 unspecified atom stereocenters. The quantitative estimate of drug-likeness (QED) is 0.724. The highest BCUT2D eigenvalue weighted by Gasteiger charge is 2.31. The van der Waals surface area contributed by atoms with Crippen molar-refractivity contribution in [2.75, 3.05) is 25.9 Å². The van der Waals surface area contributed by atoms with E-state index in [0.717, 1.165) is 6.26 Å². The molecular weight excluding hydrogens is 296 g/mol. The zero-order valence-corrected chi connectivity index (χ0v) is 13.5. The van der Waals surface area contributed by atoms with Gasteiger partial charge in [0.05, 0.1) is 18.1 Å². The van der Waals surface area contributed by atoms with Gasteiger partial charge in [-0.15, -0.1) is 0 Å². The number of carbonyl (C=O) groups excluding carboxylic acids is 1. The van der Waals surface area contributed by atoms with Gasteiger partial charge in [0.25, 0.3) is 0 Å². The van der Waals surface area contributed by atoms with Crippen molar-refractivity contribution >= 4 is 21.9 Å². The van der Waals surface area contributed by atoms with Crippen molar-refractivity contribution in [3.8, 4) is 0 Å². The summed E-state index contributed by atoms with van der Waals surface area (Å²) in [4.78, 5) is 23.2. The lowest BCUT2D eigenvalue weighted by atomic mass is 9.94. The van der Waals surface area contributed by atoms with Crippen molar-refractivity contribution < 1.29 is 23.1 Å². The predicted molar refractivity (Wildman–Crippen MR) is 78.1 cm³/mol. The minimum atomic E-state index is -3.29. The van der Waals surface area contributed by atoms with E-state index >= 15 is 0 Å². The third kappa shape index (κ3) is 5.28. The van der Waals surface area contributed by atoms with Crippen LogP contribution in [0, 0.1) is 17.8 Å². The van der Waals surface area contributed by atoms with Crippen molar-refractivity contribution in [1.82, 2.24) is 9.62 Å². The number of hydrogen-bond donors (Lipinski definition) is 2. The van der Waals surface area contributed by atoms with E-state index in [1.165, 1.54) is 4.31 Å². The second-order valence-corrected chi connectivity index (χ2v) is 7.88. The fraction of sp³-hybridized carbons (Fsp3) is 0.846. The maximum Gasteiger partial charge on any atom is 0.308 e. The Bertz CT molecular complexity index is 489.